The van der Waals surface area contributed by atoms with Crippen LogP contribution in [0.1, 0.15) is 11.4 Å². The molecular weight excluding hydrogens is 160 g/mol. The molecule has 11 heavy (non-hydrogen) atoms. The van der Waals surface area contributed by atoms with Crippen LogP contribution in [0.25, 0.3) is 5.57 Å². The fraction of sp³-hybridized carbons (Fsp3) is 0.250. The zero-order valence-corrected chi connectivity index (χ0v) is 7.10. The predicted octanol–water partition coefficient (Wildman–Crippen LogP) is 2.04. The van der Waals surface area contributed by atoms with E-state index in [9.17, 15) is 0 Å². The quantitative estimate of drug-likeness (QED) is 0.632. The van der Waals surface area contributed by atoms with E-state index in [4.69, 9.17) is 11.6 Å². The number of alkyl halides is 1. The minimum atomic E-state index is 0.401. The molecular formula is C8H9ClN2. The van der Waals surface area contributed by atoms with Crippen LogP contribution in [0, 0.1) is 6.92 Å². The van der Waals surface area contributed by atoms with Crippen LogP contribution in [0.15, 0.2) is 19.0 Å². The van der Waals surface area contributed by atoms with Gasteiger partial charge in [-0.1, -0.05) is 6.58 Å². The zero-order valence-electron chi connectivity index (χ0n) is 6.34. The maximum atomic E-state index is 5.56. The van der Waals surface area contributed by atoms with Gasteiger partial charge in [-0.15, -0.1) is 11.6 Å². The lowest BCUT2D eigenvalue weighted by Crippen LogP contribution is -1.91. The monoisotopic (exact) mass is 168 g/mol. The SMILES string of the molecule is C=C(CCl)c1cnc(C)cn1. The van der Waals surface area contributed by atoms with Crippen molar-refractivity contribution in [1.82, 2.24) is 9.97 Å². The van der Waals surface area contributed by atoms with Gasteiger partial charge in [0.25, 0.3) is 0 Å². The van der Waals surface area contributed by atoms with Crippen LogP contribution in [0.3, 0.4) is 0 Å². The molecule has 0 fully saturated rings. The smallest absolute Gasteiger partial charge is 0.0851 e. The summed E-state index contributed by atoms with van der Waals surface area (Å²) in [7, 11) is 0. The summed E-state index contributed by atoms with van der Waals surface area (Å²) in [5.41, 5.74) is 2.47. The average molecular weight is 169 g/mol. The molecule has 0 saturated heterocycles. The van der Waals surface area contributed by atoms with Crippen molar-refractivity contribution in [2.24, 2.45) is 0 Å². The largest absolute Gasteiger partial charge is 0.258 e. The van der Waals surface area contributed by atoms with Crippen LogP contribution in [0.4, 0.5) is 0 Å². The first-order chi connectivity index (χ1) is 5.24. The molecule has 0 atom stereocenters. The van der Waals surface area contributed by atoms with Crippen LogP contribution in [0.5, 0.6) is 0 Å². The Kier molecular flexibility index (Phi) is 2.60. The fourth-order valence-corrected chi connectivity index (χ4v) is 0.781. The number of rotatable bonds is 2. The molecule has 3 heteroatoms. The number of aryl methyl sites for hydroxylation is 1. The molecule has 0 aliphatic carbocycles. The summed E-state index contributed by atoms with van der Waals surface area (Å²) in [5.74, 6) is 0.401. The van der Waals surface area contributed by atoms with E-state index in [2.05, 4.69) is 16.5 Å². The summed E-state index contributed by atoms with van der Waals surface area (Å²) >= 11 is 5.56. The maximum absolute atomic E-state index is 5.56. The Hall–Kier alpha value is -0.890. The fourth-order valence-electron chi connectivity index (χ4n) is 0.644. The molecule has 1 heterocycles. The van der Waals surface area contributed by atoms with Crippen LogP contribution in [0.2, 0.25) is 0 Å². The van der Waals surface area contributed by atoms with Crippen molar-refractivity contribution < 1.29 is 0 Å². The van der Waals surface area contributed by atoms with Crippen molar-refractivity contribution in [3.63, 3.8) is 0 Å². The van der Waals surface area contributed by atoms with Gasteiger partial charge in [0.1, 0.15) is 0 Å². The van der Waals surface area contributed by atoms with Crippen molar-refractivity contribution in [2.75, 3.05) is 5.88 Å². The second-order valence-electron chi connectivity index (χ2n) is 2.28. The first kappa shape index (κ1) is 8.21. The molecule has 1 rings (SSSR count). The third kappa shape index (κ3) is 2.02. The standard InChI is InChI=1S/C8H9ClN2/c1-6(3-9)8-5-10-7(2)4-11-8/h4-5H,1,3H2,2H3. The van der Waals surface area contributed by atoms with Gasteiger partial charge < -0.3 is 0 Å². The van der Waals surface area contributed by atoms with Crippen molar-refractivity contribution >= 4 is 17.2 Å². The first-order valence-corrected chi connectivity index (χ1v) is 3.80. The van der Waals surface area contributed by atoms with Gasteiger partial charge >= 0.3 is 0 Å². The van der Waals surface area contributed by atoms with E-state index in [-0.39, 0.29) is 0 Å². The van der Waals surface area contributed by atoms with Gasteiger partial charge in [-0.3, -0.25) is 9.97 Å². The van der Waals surface area contributed by atoms with Crippen LogP contribution >= 0.6 is 11.6 Å². The Bertz CT molecular complexity index is 253. The summed E-state index contributed by atoms with van der Waals surface area (Å²) in [4.78, 5) is 8.17. The maximum Gasteiger partial charge on any atom is 0.0851 e. The van der Waals surface area contributed by atoms with Crippen LogP contribution in [-0.4, -0.2) is 15.8 Å². The molecule has 1 aromatic rings. The van der Waals surface area contributed by atoms with E-state index >= 15 is 0 Å². The Morgan fingerprint density at radius 3 is 2.73 bits per heavy atom. The summed E-state index contributed by atoms with van der Waals surface area (Å²) in [6.45, 7) is 5.63. The molecule has 0 radical (unpaired) electrons. The van der Waals surface area contributed by atoms with E-state index in [0.29, 0.717) is 5.88 Å². The number of hydrogen-bond donors (Lipinski definition) is 0. The van der Waals surface area contributed by atoms with E-state index in [1.165, 1.54) is 0 Å². The highest BCUT2D eigenvalue weighted by atomic mass is 35.5. The van der Waals surface area contributed by atoms with E-state index < -0.39 is 0 Å². The molecule has 2 nitrogen and oxygen atoms in total. The molecule has 0 saturated carbocycles. The highest BCUT2D eigenvalue weighted by Crippen LogP contribution is 2.08. The van der Waals surface area contributed by atoms with Gasteiger partial charge in [0.05, 0.1) is 17.6 Å². The summed E-state index contributed by atoms with van der Waals surface area (Å²) in [6.07, 6.45) is 3.38. The summed E-state index contributed by atoms with van der Waals surface area (Å²) in [5, 5.41) is 0. The minimum Gasteiger partial charge on any atom is -0.258 e. The molecule has 0 bridgehead atoms. The van der Waals surface area contributed by atoms with E-state index in [1.807, 2.05) is 6.92 Å². The number of allylic oxidation sites excluding steroid dienone is 1. The molecule has 58 valence electrons. The number of aromatic nitrogens is 2. The third-order valence-electron chi connectivity index (χ3n) is 1.30. The molecule has 0 unspecified atom stereocenters. The minimum absolute atomic E-state index is 0.401. The second kappa shape index (κ2) is 3.49. The highest BCUT2D eigenvalue weighted by Gasteiger charge is 1.97. The Morgan fingerprint density at radius 2 is 2.27 bits per heavy atom. The van der Waals surface area contributed by atoms with Gasteiger partial charge in [-0.25, -0.2) is 0 Å². The lowest BCUT2D eigenvalue weighted by molar-refractivity contribution is 1.09. The van der Waals surface area contributed by atoms with Gasteiger partial charge in [0.2, 0.25) is 0 Å². The van der Waals surface area contributed by atoms with Crippen molar-refractivity contribution in [3.8, 4) is 0 Å². The molecule has 1 aromatic heterocycles. The summed E-state index contributed by atoms with van der Waals surface area (Å²) < 4.78 is 0. The molecule has 0 N–H and O–H groups in total. The van der Waals surface area contributed by atoms with Crippen LogP contribution in [-0.2, 0) is 0 Å². The Labute approximate surface area is 70.9 Å². The van der Waals surface area contributed by atoms with Crippen LogP contribution < -0.4 is 0 Å². The number of hydrogen-bond acceptors (Lipinski definition) is 2. The Balaban J connectivity index is 2.90. The van der Waals surface area contributed by atoms with Gasteiger partial charge in [-0.05, 0) is 12.5 Å². The molecule has 0 amide bonds. The highest BCUT2D eigenvalue weighted by molar-refractivity contribution is 6.22. The summed E-state index contributed by atoms with van der Waals surface area (Å²) in [6, 6.07) is 0. The molecule has 0 spiro atoms. The van der Waals surface area contributed by atoms with Crippen molar-refractivity contribution in [1.29, 1.82) is 0 Å². The van der Waals surface area contributed by atoms with Gasteiger partial charge in [-0.2, -0.15) is 0 Å². The third-order valence-corrected chi connectivity index (χ3v) is 1.63. The van der Waals surface area contributed by atoms with E-state index in [0.717, 1.165) is 17.0 Å². The van der Waals surface area contributed by atoms with Crippen molar-refractivity contribution in [3.05, 3.63) is 30.4 Å². The molecule has 0 aromatic carbocycles. The Morgan fingerprint density at radius 1 is 1.55 bits per heavy atom. The number of halogens is 1. The molecule has 0 aliphatic rings. The zero-order chi connectivity index (χ0) is 8.27. The van der Waals surface area contributed by atoms with Gasteiger partial charge in [0.15, 0.2) is 0 Å². The number of nitrogens with zero attached hydrogens (tertiary/aromatic N) is 2. The topological polar surface area (TPSA) is 25.8 Å². The normalized spacial score (nSPS) is 9.64. The lowest BCUT2D eigenvalue weighted by Gasteiger charge is -1.98. The average Bonchev–Trinajstić information content (AvgIpc) is 2.05. The second-order valence-corrected chi connectivity index (χ2v) is 2.55. The van der Waals surface area contributed by atoms with Gasteiger partial charge in [0, 0.05) is 12.1 Å². The predicted molar refractivity (Wildman–Crippen MR) is 46.5 cm³/mol. The lowest BCUT2D eigenvalue weighted by atomic mass is 10.2. The van der Waals surface area contributed by atoms with E-state index in [1.54, 1.807) is 12.4 Å². The first-order valence-electron chi connectivity index (χ1n) is 3.27. The molecule has 0 aliphatic heterocycles. The van der Waals surface area contributed by atoms with Crippen molar-refractivity contribution in [2.45, 2.75) is 6.92 Å².